The summed E-state index contributed by atoms with van der Waals surface area (Å²) in [6.07, 6.45) is 0.759. The Labute approximate surface area is 145 Å². The van der Waals surface area contributed by atoms with Gasteiger partial charge < -0.3 is 14.2 Å². The predicted molar refractivity (Wildman–Crippen MR) is 91.2 cm³/mol. The molecule has 0 heterocycles. The molecular weight excluding hydrogens is 416 g/mol. The first kappa shape index (κ1) is 16.8. The number of ether oxygens (including phenoxy) is 3. The molecule has 6 heteroatoms. The lowest BCUT2D eigenvalue weighted by molar-refractivity contribution is 0.111. The van der Waals surface area contributed by atoms with E-state index in [1.165, 1.54) is 0 Å². The number of rotatable bonds is 7. The van der Waals surface area contributed by atoms with Crippen LogP contribution in [0, 0.1) is 0 Å². The molecule has 0 aliphatic rings. The molecule has 0 aliphatic heterocycles. The Hall–Kier alpha value is -1.53. The monoisotopic (exact) mass is 428 g/mol. The summed E-state index contributed by atoms with van der Waals surface area (Å²) >= 11 is 6.72. The molecule has 0 bridgehead atoms. The van der Waals surface area contributed by atoms with Crippen LogP contribution in [-0.2, 0) is 0 Å². The van der Waals surface area contributed by atoms with Gasteiger partial charge in [0.1, 0.15) is 30.5 Å². The van der Waals surface area contributed by atoms with Crippen molar-refractivity contribution in [1.29, 1.82) is 0 Å². The molecule has 0 amide bonds. The highest BCUT2D eigenvalue weighted by atomic mass is 79.9. The van der Waals surface area contributed by atoms with Crippen LogP contribution in [0.5, 0.6) is 17.2 Å². The van der Waals surface area contributed by atoms with Gasteiger partial charge in [0.15, 0.2) is 6.29 Å². The largest absolute Gasteiger partial charge is 0.497 e. The minimum atomic E-state index is 0.326. The molecule has 0 unspecified atom stereocenters. The fraction of sp³-hybridized carbons (Fsp3) is 0.188. The number of methoxy groups -OCH3 is 1. The summed E-state index contributed by atoms with van der Waals surface area (Å²) in [5, 5.41) is 0. The lowest BCUT2D eigenvalue weighted by Crippen LogP contribution is -2.10. The van der Waals surface area contributed by atoms with Crippen molar-refractivity contribution >= 4 is 38.1 Å². The third-order valence-electron chi connectivity index (χ3n) is 2.82. The van der Waals surface area contributed by atoms with E-state index in [-0.39, 0.29) is 0 Å². The zero-order valence-corrected chi connectivity index (χ0v) is 15.0. The summed E-state index contributed by atoms with van der Waals surface area (Å²) in [5.41, 5.74) is 0.477. The second kappa shape index (κ2) is 8.19. The van der Waals surface area contributed by atoms with E-state index in [2.05, 4.69) is 31.9 Å². The molecule has 0 fully saturated rings. The molecule has 4 nitrogen and oxygen atoms in total. The first-order chi connectivity index (χ1) is 10.6. The first-order valence-electron chi connectivity index (χ1n) is 6.48. The maximum Gasteiger partial charge on any atom is 0.153 e. The second-order valence-corrected chi connectivity index (χ2v) is 6.07. The summed E-state index contributed by atoms with van der Waals surface area (Å²) in [7, 11) is 1.62. The van der Waals surface area contributed by atoms with E-state index in [0.29, 0.717) is 29.0 Å². The number of aldehydes is 1. The number of carbonyl (C=O) groups excluding carboxylic acids is 1. The van der Waals surface area contributed by atoms with E-state index in [0.717, 1.165) is 22.3 Å². The Balaban J connectivity index is 1.89. The Morgan fingerprint density at radius 1 is 1.00 bits per heavy atom. The zero-order chi connectivity index (χ0) is 15.9. The Bertz CT molecular complexity index is 641. The summed E-state index contributed by atoms with van der Waals surface area (Å²) < 4.78 is 17.8. The average molecular weight is 430 g/mol. The fourth-order valence-corrected chi connectivity index (χ4v) is 3.17. The molecule has 2 rings (SSSR count). The van der Waals surface area contributed by atoms with Gasteiger partial charge in [-0.2, -0.15) is 0 Å². The smallest absolute Gasteiger partial charge is 0.153 e. The number of carbonyl (C=O) groups is 1. The third-order valence-corrected chi connectivity index (χ3v) is 3.87. The van der Waals surface area contributed by atoms with Gasteiger partial charge in [-0.1, -0.05) is 15.9 Å². The maximum atomic E-state index is 11.1. The van der Waals surface area contributed by atoms with Gasteiger partial charge in [-0.05, 0) is 52.3 Å². The normalized spacial score (nSPS) is 10.1. The summed E-state index contributed by atoms with van der Waals surface area (Å²) in [6, 6.07) is 10.8. The van der Waals surface area contributed by atoms with E-state index in [1.807, 2.05) is 30.3 Å². The molecule has 2 aromatic carbocycles. The van der Waals surface area contributed by atoms with Crippen molar-refractivity contribution in [2.45, 2.75) is 0 Å². The van der Waals surface area contributed by atoms with Crippen LogP contribution in [0.1, 0.15) is 10.4 Å². The quantitative estimate of drug-likeness (QED) is 0.480. The SMILES string of the molecule is COc1ccc(OCCOc2c(Br)cc(Br)cc2C=O)cc1. The van der Waals surface area contributed by atoms with Gasteiger partial charge in [-0.25, -0.2) is 0 Å². The minimum absolute atomic E-state index is 0.326. The van der Waals surface area contributed by atoms with Gasteiger partial charge in [0.05, 0.1) is 17.1 Å². The molecule has 0 aliphatic carbocycles. The maximum absolute atomic E-state index is 11.1. The van der Waals surface area contributed by atoms with Crippen LogP contribution in [0.25, 0.3) is 0 Å². The molecule has 0 spiro atoms. The Morgan fingerprint density at radius 2 is 1.64 bits per heavy atom. The standard InChI is InChI=1S/C16H14Br2O4/c1-20-13-2-4-14(5-3-13)21-6-7-22-16-11(10-19)8-12(17)9-15(16)18/h2-5,8-10H,6-7H2,1H3. The van der Waals surface area contributed by atoms with Crippen molar-refractivity contribution in [1.82, 2.24) is 0 Å². The molecule has 0 saturated carbocycles. The van der Waals surface area contributed by atoms with E-state index in [9.17, 15) is 4.79 Å². The van der Waals surface area contributed by atoms with Gasteiger partial charge >= 0.3 is 0 Å². The molecule has 0 aromatic heterocycles. The van der Waals surface area contributed by atoms with Crippen LogP contribution >= 0.6 is 31.9 Å². The van der Waals surface area contributed by atoms with Crippen LogP contribution < -0.4 is 14.2 Å². The summed E-state index contributed by atoms with van der Waals surface area (Å²) in [6.45, 7) is 0.695. The second-order valence-electron chi connectivity index (χ2n) is 4.30. The van der Waals surface area contributed by atoms with E-state index in [4.69, 9.17) is 14.2 Å². The van der Waals surface area contributed by atoms with Crippen molar-refractivity contribution in [3.63, 3.8) is 0 Å². The van der Waals surface area contributed by atoms with E-state index < -0.39 is 0 Å². The van der Waals surface area contributed by atoms with Gasteiger partial charge in [-0.3, -0.25) is 4.79 Å². The molecule has 0 radical (unpaired) electrons. The number of hydrogen-bond donors (Lipinski definition) is 0. The van der Waals surface area contributed by atoms with Crippen LogP contribution in [0.2, 0.25) is 0 Å². The van der Waals surface area contributed by atoms with Crippen LogP contribution in [-0.4, -0.2) is 26.6 Å². The van der Waals surface area contributed by atoms with E-state index in [1.54, 1.807) is 13.2 Å². The molecule has 22 heavy (non-hydrogen) atoms. The van der Waals surface area contributed by atoms with Gasteiger partial charge in [0, 0.05) is 4.47 Å². The van der Waals surface area contributed by atoms with Crippen molar-refractivity contribution in [2.75, 3.05) is 20.3 Å². The topological polar surface area (TPSA) is 44.8 Å². The van der Waals surface area contributed by atoms with Gasteiger partial charge in [-0.15, -0.1) is 0 Å². The molecule has 0 saturated heterocycles. The van der Waals surface area contributed by atoms with Crippen molar-refractivity contribution in [3.05, 3.63) is 50.9 Å². The minimum Gasteiger partial charge on any atom is -0.497 e. The highest BCUT2D eigenvalue weighted by molar-refractivity contribution is 9.11. The number of benzene rings is 2. The first-order valence-corrected chi connectivity index (χ1v) is 8.06. The van der Waals surface area contributed by atoms with E-state index >= 15 is 0 Å². The average Bonchev–Trinajstić information content (AvgIpc) is 2.53. The van der Waals surface area contributed by atoms with Crippen LogP contribution in [0.3, 0.4) is 0 Å². The summed E-state index contributed by atoms with van der Waals surface area (Å²) in [4.78, 5) is 11.1. The van der Waals surface area contributed by atoms with Crippen molar-refractivity contribution < 1.29 is 19.0 Å². The van der Waals surface area contributed by atoms with Gasteiger partial charge in [0.25, 0.3) is 0 Å². The molecule has 116 valence electrons. The summed E-state index contributed by atoms with van der Waals surface area (Å²) in [5.74, 6) is 2.02. The molecule has 0 atom stereocenters. The number of halogens is 2. The van der Waals surface area contributed by atoms with Crippen LogP contribution in [0.15, 0.2) is 45.3 Å². The predicted octanol–water partition coefficient (Wildman–Crippen LogP) is 4.49. The number of hydrogen-bond acceptors (Lipinski definition) is 4. The third kappa shape index (κ3) is 4.48. The zero-order valence-electron chi connectivity index (χ0n) is 11.8. The lowest BCUT2D eigenvalue weighted by atomic mass is 10.2. The fourth-order valence-electron chi connectivity index (χ4n) is 1.80. The Morgan fingerprint density at radius 3 is 2.27 bits per heavy atom. The molecule has 2 aromatic rings. The van der Waals surface area contributed by atoms with Crippen LogP contribution in [0.4, 0.5) is 0 Å². The van der Waals surface area contributed by atoms with Gasteiger partial charge in [0.2, 0.25) is 0 Å². The van der Waals surface area contributed by atoms with Crippen molar-refractivity contribution in [2.24, 2.45) is 0 Å². The molecular formula is C16H14Br2O4. The lowest BCUT2D eigenvalue weighted by Gasteiger charge is -2.12. The highest BCUT2D eigenvalue weighted by Crippen LogP contribution is 2.32. The highest BCUT2D eigenvalue weighted by Gasteiger charge is 2.09. The molecule has 0 N–H and O–H groups in total. The van der Waals surface area contributed by atoms with Crippen molar-refractivity contribution in [3.8, 4) is 17.2 Å². The Kier molecular flexibility index (Phi) is 6.27.